The van der Waals surface area contributed by atoms with Crippen LogP contribution in [0.4, 0.5) is 5.69 Å². The molecular formula is C15H17N3S2. The summed E-state index contributed by atoms with van der Waals surface area (Å²) >= 11 is 3.37. The second-order valence-electron chi connectivity index (χ2n) is 4.38. The Labute approximate surface area is 128 Å². The summed E-state index contributed by atoms with van der Waals surface area (Å²) in [5.41, 5.74) is 1.65. The first-order valence-electron chi connectivity index (χ1n) is 6.55. The Bertz CT molecular complexity index is 588. The summed E-state index contributed by atoms with van der Waals surface area (Å²) in [7, 11) is 0. The molecule has 2 aromatic rings. The number of nitrogens with one attached hydrogen (secondary N) is 1. The van der Waals surface area contributed by atoms with Gasteiger partial charge in [0.2, 0.25) is 0 Å². The van der Waals surface area contributed by atoms with Crippen molar-refractivity contribution in [3.8, 4) is 6.07 Å². The number of nitrogens with zero attached hydrogens (tertiary/aromatic N) is 2. The van der Waals surface area contributed by atoms with Crippen LogP contribution < -0.4 is 5.32 Å². The van der Waals surface area contributed by atoms with Crippen molar-refractivity contribution in [2.24, 2.45) is 0 Å². The third-order valence-corrected chi connectivity index (χ3v) is 4.86. The fourth-order valence-electron chi connectivity index (χ4n) is 1.90. The van der Waals surface area contributed by atoms with Crippen LogP contribution in [0.5, 0.6) is 0 Å². The molecule has 3 nitrogen and oxygen atoms in total. The average Bonchev–Trinajstić information content (AvgIpc) is 2.99. The Morgan fingerprint density at radius 3 is 3.00 bits per heavy atom. The maximum Gasteiger partial charge on any atom is 0.102 e. The first kappa shape index (κ1) is 14.9. The number of benzene rings is 1. The smallest absolute Gasteiger partial charge is 0.102 e. The summed E-state index contributed by atoms with van der Waals surface area (Å²) in [4.78, 5) is 5.37. The molecule has 0 aliphatic rings. The Kier molecular flexibility index (Phi) is 5.45. The zero-order valence-corrected chi connectivity index (χ0v) is 13.2. The third-order valence-electron chi connectivity index (χ3n) is 2.91. The van der Waals surface area contributed by atoms with E-state index in [-0.39, 0.29) is 0 Å². The van der Waals surface area contributed by atoms with Crippen LogP contribution in [0.15, 0.2) is 34.7 Å². The molecule has 1 aromatic heterocycles. The number of thioether (sulfide) groups is 1. The van der Waals surface area contributed by atoms with Crippen LogP contribution in [0.1, 0.15) is 30.3 Å². The van der Waals surface area contributed by atoms with Gasteiger partial charge in [-0.25, -0.2) is 4.98 Å². The fourth-order valence-corrected chi connectivity index (χ4v) is 3.38. The molecule has 0 fully saturated rings. The number of rotatable bonds is 6. The molecule has 0 spiro atoms. The minimum Gasteiger partial charge on any atom is -0.383 e. The van der Waals surface area contributed by atoms with E-state index in [1.54, 1.807) is 23.1 Å². The first-order chi connectivity index (χ1) is 9.76. The van der Waals surface area contributed by atoms with Gasteiger partial charge < -0.3 is 5.32 Å². The van der Waals surface area contributed by atoms with Gasteiger partial charge in [0.25, 0.3) is 0 Å². The van der Waals surface area contributed by atoms with Gasteiger partial charge in [-0.15, -0.1) is 23.1 Å². The van der Waals surface area contributed by atoms with Gasteiger partial charge >= 0.3 is 0 Å². The molecule has 20 heavy (non-hydrogen) atoms. The molecule has 5 heteroatoms. The van der Waals surface area contributed by atoms with Crippen molar-refractivity contribution in [3.05, 3.63) is 40.3 Å². The summed E-state index contributed by atoms with van der Waals surface area (Å²) in [5.74, 6) is 1.30. The Hall–Kier alpha value is -1.51. The topological polar surface area (TPSA) is 48.7 Å². The number of hydrogen-bond donors (Lipinski definition) is 1. The number of nitriles is 1. The van der Waals surface area contributed by atoms with Crippen LogP contribution in [-0.2, 0) is 0 Å². The maximum absolute atomic E-state index is 9.36. The molecule has 0 radical (unpaired) electrons. The standard InChI is InChI=1S/C15H17N3S2/c1-3-19-14-6-4-5-13(12(14)9-16)18-10-11(2)15-17-7-8-20-15/h4-8,11,18H,3,10H2,1-2H3. The molecule has 0 amide bonds. The van der Waals surface area contributed by atoms with Gasteiger partial charge in [0.05, 0.1) is 16.3 Å². The first-order valence-corrected chi connectivity index (χ1v) is 8.42. The molecule has 1 unspecified atom stereocenters. The van der Waals surface area contributed by atoms with Crippen LogP contribution in [0.25, 0.3) is 0 Å². The Balaban J connectivity index is 2.10. The van der Waals surface area contributed by atoms with E-state index in [9.17, 15) is 5.26 Å². The van der Waals surface area contributed by atoms with Crippen molar-refractivity contribution in [1.29, 1.82) is 5.26 Å². The predicted octanol–water partition coefficient (Wildman–Crippen LogP) is 4.34. The summed E-state index contributed by atoms with van der Waals surface area (Å²) in [6.45, 7) is 5.02. The van der Waals surface area contributed by atoms with E-state index in [1.165, 1.54) is 0 Å². The van der Waals surface area contributed by atoms with Crippen molar-refractivity contribution in [2.45, 2.75) is 24.7 Å². The van der Waals surface area contributed by atoms with Gasteiger partial charge in [0.15, 0.2) is 0 Å². The minimum atomic E-state index is 0.337. The molecular weight excluding hydrogens is 286 g/mol. The Morgan fingerprint density at radius 2 is 2.35 bits per heavy atom. The van der Waals surface area contributed by atoms with Crippen LogP contribution >= 0.6 is 23.1 Å². The quantitative estimate of drug-likeness (QED) is 0.806. The highest BCUT2D eigenvalue weighted by molar-refractivity contribution is 7.99. The van der Waals surface area contributed by atoms with Crippen molar-refractivity contribution < 1.29 is 0 Å². The lowest BCUT2D eigenvalue weighted by Crippen LogP contribution is -2.10. The van der Waals surface area contributed by atoms with Gasteiger partial charge in [-0.1, -0.05) is 19.9 Å². The van der Waals surface area contributed by atoms with Crippen molar-refractivity contribution in [1.82, 2.24) is 4.98 Å². The molecule has 1 atom stereocenters. The van der Waals surface area contributed by atoms with E-state index in [2.05, 4.69) is 30.2 Å². The van der Waals surface area contributed by atoms with Crippen LogP contribution in [0, 0.1) is 11.3 Å². The molecule has 1 N–H and O–H groups in total. The lowest BCUT2D eigenvalue weighted by Gasteiger charge is -2.14. The summed E-state index contributed by atoms with van der Waals surface area (Å²) in [6.07, 6.45) is 1.83. The van der Waals surface area contributed by atoms with E-state index >= 15 is 0 Å². The molecule has 2 rings (SSSR count). The zero-order chi connectivity index (χ0) is 14.4. The lowest BCUT2D eigenvalue weighted by molar-refractivity contribution is 0.794. The maximum atomic E-state index is 9.36. The van der Waals surface area contributed by atoms with Crippen LogP contribution in [-0.4, -0.2) is 17.3 Å². The molecule has 0 saturated heterocycles. The highest BCUT2D eigenvalue weighted by atomic mass is 32.2. The minimum absolute atomic E-state index is 0.337. The zero-order valence-electron chi connectivity index (χ0n) is 11.6. The van der Waals surface area contributed by atoms with Gasteiger partial charge in [-0.2, -0.15) is 5.26 Å². The molecule has 0 aliphatic carbocycles. The van der Waals surface area contributed by atoms with E-state index in [0.29, 0.717) is 5.92 Å². The van der Waals surface area contributed by atoms with E-state index in [4.69, 9.17) is 0 Å². The number of aromatic nitrogens is 1. The number of thiazole rings is 1. The lowest BCUT2D eigenvalue weighted by atomic mass is 10.1. The summed E-state index contributed by atoms with van der Waals surface area (Å²) in [5, 5.41) is 15.9. The molecule has 0 bridgehead atoms. The Morgan fingerprint density at radius 1 is 1.50 bits per heavy atom. The van der Waals surface area contributed by atoms with E-state index in [1.807, 2.05) is 29.8 Å². The van der Waals surface area contributed by atoms with Crippen molar-refractivity contribution in [3.63, 3.8) is 0 Å². The second-order valence-corrected chi connectivity index (χ2v) is 6.61. The van der Waals surface area contributed by atoms with Crippen LogP contribution in [0.3, 0.4) is 0 Å². The summed E-state index contributed by atoms with van der Waals surface area (Å²) in [6, 6.07) is 8.27. The SMILES string of the molecule is CCSc1cccc(NCC(C)c2nccs2)c1C#N. The molecule has 104 valence electrons. The molecule has 1 aromatic carbocycles. The van der Waals surface area contributed by atoms with Gasteiger partial charge in [-0.05, 0) is 17.9 Å². The number of hydrogen-bond acceptors (Lipinski definition) is 5. The van der Waals surface area contributed by atoms with E-state index in [0.717, 1.165) is 33.5 Å². The van der Waals surface area contributed by atoms with E-state index < -0.39 is 0 Å². The monoisotopic (exact) mass is 303 g/mol. The average molecular weight is 303 g/mol. The summed E-state index contributed by atoms with van der Waals surface area (Å²) < 4.78 is 0. The van der Waals surface area contributed by atoms with Gasteiger partial charge in [0.1, 0.15) is 6.07 Å². The highest BCUT2D eigenvalue weighted by Crippen LogP contribution is 2.28. The second kappa shape index (κ2) is 7.32. The number of anilines is 1. The molecule has 0 aliphatic heterocycles. The third kappa shape index (κ3) is 3.53. The normalized spacial score (nSPS) is 11.8. The highest BCUT2D eigenvalue weighted by Gasteiger charge is 2.11. The van der Waals surface area contributed by atoms with Crippen molar-refractivity contribution in [2.75, 3.05) is 17.6 Å². The van der Waals surface area contributed by atoms with Crippen molar-refractivity contribution >= 4 is 28.8 Å². The predicted molar refractivity (Wildman–Crippen MR) is 86.6 cm³/mol. The van der Waals surface area contributed by atoms with Gasteiger partial charge in [-0.3, -0.25) is 0 Å². The fraction of sp³-hybridized carbons (Fsp3) is 0.333. The molecule has 1 heterocycles. The molecule has 0 saturated carbocycles. The van der Waals surface area contributed by atoms with Crippen LogP contribution in [0.2, 0.25) is 0 Å². The largest absolute Gasteiger partial charge is 0.383 e. The van der Waals surface area contributed by atoms with Gasteiger partial charge in [0, 0.05) is 28.9 Å².